The number of hydrogen-bond donors (Lipinski definition) is 5. The average molecular weight is 504 g/mol. The van der Waals surface area contributed by atoms with Gasteiger partial charge in [0.15, 0.2) is 28.4 Å². The number of benzene rings is 1. The number of carbonyl (C=O) groups is 3. The van der Waals surface area contributed by atoms with Gasteiger partial charge < -0.3 is 27.3 Å². The summed E-state index contributed by atoms with van der Waals surface area (Å²) in [6.07, 6.45) is 1.25. The zero-order valence-electron chi connectivity index (χ0n) is 19.0. The van der Waals surface area contributed by atoms with Gasteiger partial charge in [-0.1, -0.05) is 23.7 Å². The highest BCUT2D eigenvalue weighted by molar-refractivity contribution is 6.31. The van der Waals surface area contributed by atoms with Crippen LogP contribution >= 0.6 is 11.6 Å². The largest absolute Gasteiger partial charge is 0.465 e. The standard InChI is InChI=1S/C21H26ClN9O4/c1-35-20(34)12-4-2-3-5-13(12)27-14(32)10-31-8-6-11(7-9-31)26-21(25)30-19(33)15-17(23)29-18(24)16(22)28-15/h2-5,11H,6-10H2,1H3,(H,27,32)(H4,23,24,29)(H3,25,26,30,33). The monoisotopic (exact) mass is 503 g/mol. The van der Waals surface area contributed by atoms with Crippen LogP contribution in [-0.4, -0.2) is 71.4 Å². The minimum absolute atomic E-state index is 0.0875. The molecule has 186 valence electrons. The lowest BCUT2D eigenvalue weighted by Gasteiger charge is -2.29. The van der Waals surface area contributed by atoms with Gasteiger partial charge in [0, 0.05) is 13.1 Å². The van der Waals surface area contributed by atoms with E-state index in [9.17, 15) is 14.4 Å². The summed E-state index contributed by atoms with van der Waals surface area (Å²) in [5, 5.41) is 5.01. The van der Waals surface area contributed by atoms with Gasteiger partial charge in [0.2, 0.25) is 5.91 Å². The van der Waals surface area contributed by atoms with Crippen LogP contribution in [-0.2, 0) is 9.53 Å². The summed E-state index contributed by atoms with van der Waals surface area (Å²) < 4.78 is 4.74. The van der Waals surface area contributed by atoms with Crippen molar-refractivity contribution < 1.29 is 19.1 Å². The lowest BCUT2D eigenvalue weighted by Crippen LogP contribution is -2.42. The summed E-state index contributed by atoms with van der Waals surface area (Å²) >= 11 is 5.80. The van der Waals surface area contributed by atoms with Gasteiger partial charge in [-0.25, -0.2) is 19.8 Å². The first kappa shape index (κ1) is 25.6. The van der Waals surface area contributed by atoms with Crippen molar-refractivity contribution in [3.8, 4) is 0 Å². The van der Waals surface area contributed by atoms with Crippen molar-refractivity contribution in [2.24, 2.45) is 10.7 Å². The average Bonchev–Trinajstić information content (AvgIpc) is 2.82. The molecule has 1 aliphatic rings. The SMILES string of the molecule is COC(=O)c1ccccc1NC(=O)CN1CCC(N=C(N)NC(=O)c2nc(Cl)c(N)nc2N)CC1. The van der Waals surface area contributed by atoms with Crippen LogP contribution in [0.3, 0.4) is 0 Å². The fourth-order valence-electron chi connectivity index (χ4n) is 3.49. The van der Waals surface area contributed by atoms with Crippen molar-refractivity contribution in [1.29, 1.82) is 0 Å². The molecule has 2 heterocycles. The number of aliphatic imine (C=N–C) groups is 1. The maximum atomic E-state index is 12.5. The molecule has 1 aromatic heterocycles. The number of nitrogens with one attached hydrogen (secondary N) is 2. The second-order valence-corrected chi connectivity index (χ2v) is 8.05. The van der Waals surface area contributed by atoms with Crippen molar-refractivity contribution in [1.82, 2.24) is 20.2 Å². The number of piperidine rings is 1. The number of amides is 2. The molecule has 2 amide bonds. The van der Waals surface area contributed by atoms with E-state index in [0.29, 0.717) is 31.6 Å². The number of methoxy groups -OCH3 is 1. The van der Waals surface area contributed by atoms with Gasteiger partial charge in [-0.3, -0.25) is 19.8 Å². The van der Waals surface area contributed by atoms with Gasteiger partial charge in [-0.2, -0.15) is 0 Å². The minimum Gasteiger partial charge on any atom is -0.465 e. The number of hydrogen-bond acceptors (Lipinski definition) is 10. The number of esters is 1. The molecule has 1 fully saturated rings. The number of likely N-dealkylation sites (tertiary alicyclic amines) is 1. The molecule has 3 rings (SSSR count). The topological polar surface area (TPSA) is 204 Å². The third-order valence-electron chi connectivity index (χ3n) is 5.21. The molecule has 1 saturated heterocycles. The molecular formula is C21H26ClN9O4. The Labute approximate surface area is 206 Å². The van der Waals surface area contributed by atoms with Gasteiger partial charge in [0.1, 0.15) is 0 Å². The maximum absolute atomic E-state index is 12.5. The molecule has 13 nitrogen and oxygen atoms in total. The molecule has 1 aliphatic heterocycles. The van der Waals surface area contributed by atoms with Crippen LogP contribution < -0.4 is 27.8 Å². The Kier molecular flexibility index (Phi) is 8.39. The van der Waals surface area contributed by atoms with Gasteiger partial charge in [0.05, 0.1) is 30.9 Å². The summed E-state index contributed by atoms with van der Waals surface area (Å²) in [6.45, 7) is 1.33. The molecule has 0 saturated carbocycles. The highest BCUT2D eigenvalue weighted by atomic mass is 35.5. The normalized spacial score (nSPS) is 14.9. The third-order valence-corrected chi connectivity index (χ3v) is 5.49. The lowest BCUT2D eigenvalue weighted by atomic mass is 10.1. The van der Waals surface area contributed by atoms with Crippen molar-refractivity contribution in [2.45, 2.75) is 18.9 Å². The van der Waals surface area contributed by atoms with Crippen LogP contribution in [0.25, 0.3) is 0 Å². The fourth-order valence-corrected chi connectivity index (χ4v) is 3.62. The van der Waals surface area contributed by atoms with E-state index < -0.39 is 11.9 Å². The Hall–Kier alpha value is -3.97. The number of aromatic nitrogens is 2. The smallest absolute Gasteiger partial charge is 0.339 e. The maximum Gasteiger partial charge on any atom is 0.339 e. The van der Waals surface area contributed by atoms with E-state index in [1.54, 1.807) is 24.3 Å². The zero-order chi connectivity index (χ0) is 25.5. The van der Waals surface area contributed by atoms with Crippen LogP contribution in [0.1, 0.15) is 33.7 Å². The Morgan fingerprint density at radius 2 is 1.86 bits per heavy atom. The van der Waals surface area contributed by atoms with E-state index in [4.69, 9.17) is 33.5 Å². The summed E-state index contributed by atoms with van der Waals surface area (Å²) in [5.74, 6) is -1.86. The molecule has 0 atom stereocenters. The summed E-state index contributed by atoms with van der Waals surface area (Å²) in [6, 6.07) is 6.48. The van der Waals surface area contributed by atoms with Crippen LogP contribution in [0.5, 0.6) is 0 Å². The van der Waals surface area contributed by atoms with Gasteiger partial charge >= 0.3 is 5.97 Å². The number of nitrogens with zero attached hydrogens (tertiary/aromatic N) is 4. The van der Waals surface area contributed by atoms with E-state index in [0.717, 1.165) is 0 Å². The molecule has 0 spiro atoms. The molecule has 14 heteroatoms. The quantitative estimate of drug-likeness (QED) is 0.206. The minimum atomic E-state index is -0.709. The highest BCUT2D eigenvalue weighted by Gasteiger charge is 2.23. The van der Waals surface area contributed by atoms with E-state index in [-0.39, 0.29) is 52.5 Å². The molecule has 0 bridgehead atoms. The molecule has 2 aromatic rings. The van der Waals surface area contributed by atoms with Gasteiger partial charge in [-0.15, -0.1) is 0 Å². The van der Waals surface area contributed by atoms with Crippen LogP contribution in [0.2, 0.25) is 5.15 Å². The predicted molar refractivity (Wildman–Crippen MR) is 131 cm³/mol. The number of rotatable bonds is 6. The first-order valence-electron chi connectivity index (χ1n) is 10.6. The fraction of sp³-hybridized carbons (Fsp3) is 0.333. The van der Waals surface area contributed by atoms with E-state index in [2.05, 4.69) is 25.6 Å². The van der Waals surface area contributed by atoms with E-state index in [1.807, 2.05) is 4.90 Å². The zero-order valence-corrected chi connectivity index (χ0v) is 19.7. The Morgan fingerprint density at radius 1 is 1.17 bits per heavy atom. The van der Waals surface area contributed by atoms with Gasteiger partial charge in [0.25, 0.3) is 5.91 Å². The molecule has 1 aromatic carbocycles. The first-order chi connectivity index (χ1) is 16.7. The summed E-state index contributed by atoms with van der Waals surface area (Å²) in [4.78, 5) is 50.6. The number of anilines is 3. The molecule has 8 N–H and O–H groups in total. The number of ether oxygens (including phenoxy) is 1. The van der Waals surface area contributed by atoms with Crippen molar-refractivity contribution in [3.63, 3.8) is 0 Å². The highest BCUT2D eigenvalue weighted by Crippen LogP contribution is 2.18. The lowest BCUT2D eigenvalue weighted by molar-refractivity contribution is -0.117. The van der Waals surface area contributed by atoms with Crippen molar-refractivity contribution >= 4 is 52.7 Å². The van der Waals surface area contributed by atoms with E-state index >= 15 is 0 Å². The van der Waals surface area contributed by atoms with E-state index in [1.165, 1.54) is 7.11 Å². The predicted octanol–water partition coefficient (Wildman–Crippen LogP) is 0.229. The Morgan fingerprint density at radius 3 is 2.54 bits per heavy atom. The molecule has 0 aliphatic carbocycles. The molecular weight excluding hydrogens is 478 g/mol. The first-order valence-corrected chi connectivity index (χ1v) is 11.0. The van der Waals surface area contributed by atoms with Crippen LogP contribution in [0.4, 0.5) is 17.3 Å². The second-order valence-electron chi connectivity index (χ2n) is 7.69. The number of nitrogen functional groups attached to an aromatic ring is 2. The molecule has 35 heavy (non-hydrogen) atoms. The Balaban J connectivity index is 1.50. The number of halogens is 1. The summed E-state index contributed by atoms with van der Waals surface area (Å²) in [7, 11) is 1.28. The number of nitrogens with two attached hydrogens (primary N) is 3. The summed E-state index contributed by atoms with van der Waals surface area (Å²) in [5.41, 5.74) is 17.5. The number of guanidine groups is 1. The molecule has 0 radical (unpaired) electrons. The van der Waals surface area contributed by atoms with Crippen LogP contribution in [0, 0.1) is 0 Å². The second kappa shape index (κ2) is 11.4. The van der Waals surface area contributed by atoms with Crippen molar-refractivity contribution in [3.05, 3.63) is 40.7 Å². The van der Waals surface area contributed by atoms with Crippen LogP contribution in [0.15, 0.2) is 29.3 Å². The van der Waals surface area contributed by atoms with Crippen molar-refractivity contribution in [2.75, 3.05) is 43.5 Å². The number of para-hydroxylation sites is 1. The third kappa shape index (κ3) is 6.77. The Bertz CT molecular complexity index is 1150. The van der Waals surface area contributed by atoms with Gasteiger partial charge in [-0.05, 0) is 25.0 Å². The molecule has 0 unspecified atom stereocenters. The number of carbonyl (C=O) groups excluding carboxylic acids is 3.